The van der Waals surface area contributed by atoms with E-state index in [0.29, 0.717) is 17.5 Å². The van der Waals surface area contributed by atoms with E-state index in [-0.39, 0.29) is 31.8 Å². The van der Waals surface area contributed by atoms with E-state index < -0.39 is 66.7 Å². The van der Waals surface area contributed by atoms with Crippen molar-refractivity contribution in [3.8, 4) is 0 Å². The first-order valence-electron chi connectivity index (χ1n) is 14.3. The number of aliphatic carboxylic acids is 1. The predicted octanol–water partition coefficient (Wildman–Crippen LogP) is -0.137. The number of primary amides is 1. The first-order chi connectivity index (χ1) is 21.9. The second-order valence-electron chi connectivity index (χ2n) is 10.2. The molecule has 2 aromatic carbocycles. The lowest BCUT2D eigenvalue weighted by molar-refractivity contribution is -0.138. The van der Waals surface area contributed by atoms with Crippen LogP contribution in [0.1, 0.15) is 36.0 Å². The molecule has 2 aromatic rings. The van der Waals surface area contributed by atoms with Crippen molar-refractivity contribution in [3.63, 3.8) is 0 Å². The molecule has 5 amide bonds. The van der Waals surface area contributed by atoms with Gasteiger partial charge >= 0.3 is 12.1 Å². The Morgan fingerprint density at radius 3 is 2.07 bits per heavy atom. The molecule has 0 aliphatic carbocycles. The zero-order chi connectivity index (χ0) is 34.1. The van der Waals surface area contributed by atoms with Crippen molar-refractivity contribution in [2.24, 2.45) is 11.5 Å². The predicted molar refractivity (Wildman–Crippen MR) is 167 cm³/mol. The Balaban J connectivity index is 2.22. The van der Waals surface area contributed by atoms with Crippen LogP contribution in [0, 0.1) is 5.41 Å². The van der Waals surface area contributed by atoms with Crippen molar-refractivity contribution >= 4 is 41.5 Å². The minimum atomic E-state index is -1.48. The fraction of sp³-hybridized carbons (Fsp3) is 0.323. The van der Waals surface area contributed by atoms with Crippen molar-refractivity contribution in [3.05, 3.63) is 83.9 Å². The Labute approximate surface area is 265 Å². The molecule has 2 unspecified atom stereocenters. The minimum absolute atomic E-state index is 0.0887. The fourth-order valence-corrected chi connectivity index (χ4v) is 4.17. The minimum Gasteiger partial charge on any atom is -0.481 e. The number of nitrogens with two attached hydrogens (primary N) is 2. The molecule has 0 heterocycles. The number of carbonyl (C=O) groups is 6. The fourth-order valence-electron chi connectivity index (χ4n) is 4.17. The Hall–Kier alpha value is -5.73. The number of benzene rings is 2. The molecule has 0 fully saturated rings. The van der Waals surface area contributed by atoms with Crippen LogP contribution >= 0.6 is 0 Å². The molecule has 3 atom stereocenters. The maximum Gasteiger partial charge on any atom is 0.408 e. The number of amidine groups is 1. The highest BCUT2D eigenvalue weighted by molar-refractivity contribution is 5.96. The van der Waals surface area contributed by atoms with E-state index >= 15 is 0 Å². The molecule has 15 nitrogen and oxygen atoms in total. The third kappa shape index (κ3) is 13.3. The van der Waals surface area contributed by atoms with Crippen LogP contribution in [0.3, 0.4) is 0 Å². The monoisotopic (exact) mass is 637 g/mol. The van der Waals surface area contributed by atoms with E-state index in [2.05, 4.69) is 27.8 Å². The number of nitrogens with one attached hydrogen (secondary N) is 5. The molecule has 15 heteroatoms. The van der Waals surface area contributed by atoms with Crippen molar-refractivity contribution in [2.75, 3.05) is 13.2 Å². The first kappa shape index (κ1) is 36.5. The summed E-state index contributed by atoms with van der Waals surface area (Å²) >= 11 is 0. The van der Waals surface area contributed by atoms with Gasteiger partial charge in [0, 0.05) is 24.9 Å². The van der Waals surface area contributed by atoms with Gasteiger partial charge in [0.25, 0.3) is 0 Å². The van der Waals surface area contributed by atoms with Gasteiger partial charge in [-0.3, -0.25) is 29.4 Å². The number of carboxylic acid groups (broad SMARTS) is 1. The Kier molecular flexibility index (Phi) is 14.9. The summed E-state index contributed by atoms with van der Waals surface area (Å²) in [5, 5.41) is 26.7. The number of rotatable bonds is 19. The Bertz CT molecular complexity index is 1400. The van der Waals surface area contributed by atoms with Gasteiger partial charge in [-0.25, -0.2) is 4.79 Å². The van der Waals surface area contributed by atoms with Crippen molar-refractivity contribution < 1.29 is 38.6 Å². The van der Waals surface area contributed by atoms with E-state index in [9.17, 15) is 33.9 Å². The van der Waals surface area contributed by atoms with E-state index in [1.54, 1.807) is 24.3 Å². The van der Waals surface area contributed by atoms with E-state index in [0.717, 1.165) is 5.56 Å². The second kappa shape index (κ2) is 18.8. The molecule has 10 N–H and O–H groups in total. The molecule has 0 spiro atoms. The van der Waals surface area contributed by atoms with Crippen LogP contribution in [-0.4, -0.2) is 77.9 Å². The third-order valence-electron chi connectivity index (χ3n) is 6.52. The maximum atomic E-state index is 13.4. The molecule has 0 aromatic heterocycles. The molecule has 0 bridgehead atoms. The summed E-state index contributed by atoms with van der Waals surface area (Å²) in [5.74, 6) is -4.82. The van der Waals surface area contributed by atoms with Crippen LogP contribution in [0.15, 0.2) is 67.3 Å². The highest BCUT2D eigenvalue weighted by Crippen LogP contribution is 2.09. The molecule has 246 valence electrons. The summed E-state index contributed by atoms with van der Waals surface area (Å²) in [6.07, 6.45) is -0.724. The van der Waals surface area contributed by atoms with E-state index in [1.807, 2.05) is 30.3 Å². The molecule has 0 radical (unpaired) electrons. The molecule has 0 aliphatic rings. The largest absolute Gasteiger partial charge is 0.481 e. The van der Waals surface area contributed by atoms with Crippen molar-refractivity contribution in [1.82, 2.24) is 21.3 Å². The van der Waals surface area contributed by atoms with Crippen LogP contribution < -0.4 is 32.7 Å². The summed E-state index contributed by atoms with van der Waals surface area (Å²) in [6.45, 7) is 3.50. The highest BCUT2D eigenvalue weighted by Gasteiger charge is 2.31. The zero-order valence-electron chi connectivity index (χ0n) is 25.1. The van der Waals surface area contributed by atoms with Crippen LogP contribution in [-0.2, 0) is 41.6 Å². The molecule has 46 heavy (non-hydrogen) atoms. The Morgan fingerprint density at radius 1 is 0.848 bits per heavy atom. The summed E-state index contributed by atoms with van der Waals surface area (Å²) in [4.78, 5) is 75.0. The normalized spacial score (nSPS) is 12.3. The summed E-state index contributed by atoms with van der Waals surface area (Å²) in [6, 6.07) is 11.4. The lowest BCUT2D eigenvalue weighted by Gasteiger charge is -2.25. The number of ether oxygens (including phenoxy) is 1. The van der Waals surface area contributed by atoms with Crippen LogP contribution in [0.5, 0.6) is 0 Å². The summed E-state index contributed by atoms with van der Waals surface area (Å²) in [7, 11) is 0. The lowest BCUT2D eigenvalue weighted by atomic mass is 10.0. The zero-order valence-corrected chi connectivity index (χ0v) is 25.1. The number of alkyl carbamates (subject to hydrolysis) is 1. The van der Waals surface area contributed by atoms with Gasteiger partial charge < -0.3 is 42.6 Å². The van der Waals surface area contributed by atoms with Gasteiger partial charge in [-0.1, -0.05) is 67.3 Å². The van der Waals surface area contributed by atoms with Crippen molar-refractivity contribution in [1.29, 1.82) is 5.41 Å². The SMILES string of the molecule is C=CCOC(=O)N[C@@H](Cc1ccc(C(=N)N)cc1)C(=O)NC(CCC(=O)O)C(=O)NC(CC(N)=O)C(=O)NCCc1ccccc1. The third-order valence-corrected chi connectivity index (χ3v) is 6.52. The quantitative estimate of drug-likeness (QED) is 0.0579. The van der Waals surface area contributed by atoms with Crippen molar-refractivity contribution in [2.45, 2.75) is 50.2 Å². The maximum absolute atomic E-state index is 13.4. The van der Waals surface area contributed by atoms with Gasteiger partial charge in [-0.15, -0.1) is 0 Å². The van der Waals surface area contributed by atoms with E-state index in [1.165, 1.54) is 6.08 Å². The number of carbonyl (C=O) groups excluding carboxylic acids is 5. The number of amides is 5. The molecule has 0 saturated carbocycles. The molecular formula is C31H39N7O8. The standard InChI is InChI=1S/C31H39N7O8/c1-2-16-46-31(45)38-23(17-20-8-10-21(11-9-20)27(33)34)30(44)36-22(12-13-26(40)41)29(43)37-24(18-25(32)39)28(42)35-15-14-19-6-4-3-5-7-19/h2-11,22-24H,1,12-18H2,(H2,32,39)(H3,33,34)(H,35,42)(H,36,44)(H,37,43)(H,38,45)(H,40,41)/t22?,23-,24?/m0/s1. The average Bonchev–Trinajstić information content (AvgIpc) is 3.01. The average molecular weight is 638 g/mol. The molecule has 0 aliphatic heterocycles. The molecular weight excluding hydrogens is 598 g/mol. The number of carboxylic acids is 1. The molecule has 0 saturated heterocycles. The van der Waals surface area contributed by atoms with Gasteiger partial charge in [0.05, 0.1) is 6.42 Å². The second-order valence-corrected chi connectivity index (χ2v) is 10.2. The smallest absolute Gasteiger partial charge is 0.408 e. The van der Waals surface area contributed by atoms with Crippen LogP contribution in [0.2, 0.25) is 0 Å². The van der Waals surface area contributed by atoms with Gasteiger partial charge in [0.2, 0.25) is 23.6 Å². The number of hydrogen-bond acceptors (Lipinski definition) is 8. The van der Waals surface area contributed by atoms with Crippen LogP contribution in [0.4, 0.5) is 4.79 Å². The van der Waals surface area contributed by atoms with Gasteiger partial charge in [0.1, 0.15) is 30.6 Å². The highest BCUT2D eigenvalue weighted by atomic mass is 16.5. The topological polar surface area (TPSA) is 256 Å². The van der Waals surface area contributed by atoms with E-state index in [4.69, 9.17) is 21.6 Å². The van der Waals surface area contributed by atoms with Gasteiger partial charge in [0.15, 0.2) is 0 Å². The number of nitrogen functional groups attached to an aromatic ring is 1. The summed E-state index contributed by atoms with van der Waals surface area (Å²) < 4.78 is 4.93. The molecule has 2 rings (SSSR count). The van der Waals surface area contributed by atoms with Gasteiger partial charge in [-0.05, 0) is 24.0 Å². The lowest BCUT2D eigenvalue weighted by Crippen LogP contribution is -2.57. The van der Waals surface area contributed by atoms with Crippen LogP contribution in [0.25, 0.3) is 0 Å². The number of hydrogen-bond donors (Lipinski definition) is 8. The first-order valence-corrected chi connectivity index (χ1v) is 14.3. The van der Waals surface area contributed by atoms with Gasteiger partial charge in [-0.2, -0.15) is 0 Å². The Morgan fingerprint density at radius 2 is 1.48 bits per heavy atom. The summed E-state index contributed by atoms with van der Waals surface area (Å²) in [5.41, 5.74) is 12.7.